The first-order valence-corrected chi connectivity index (χ1v) is 11.6. The molecular formula is C28H31N3O4. The highest BCUT2D eigenvalue weighted by atomic mass is 16.7. The van der Waals surface area contributed by atoms with Crippen molar-refractivity contribution >= 4 is 17.6 Å². The maximum absolute atomic E-state index is 13.2. The molecule has 1 aliphatic heterocycles. The molecule has 7 nitrogen and oxygen atoms in total. The molecule has 182 valence electrons. The van der Waals surface area contributed by atoms with Gasteiger partial charge in [-0.05, 0) is 61.7 Å². The third-order valence-electron chi connectivity index (χ3n) is 5.42. The molecule has 0 radical (unpaired) electrons. The molecule has 1 aliphatic rings. The summed E-state index contributed by atoms with van der Waals surface area (Å²) < 4.78 is 10.7. The summed E-state index contributed by atoms with van der Waals surface area (Å²) in [5.41, 5.74) is 3.13. The number of carbonyl (C=O) groups is 2. The van der Waals surface area contributed by atoms with Gasteiger partial charge in [0.1, 0.15) is 0 Å². The van der Waals surface area contributed by atoms with Gasteiger partial charge in [0.2, 0.25) is 12.7 Å². The van der Waals surface area contributed by atoms with Crippen molar-refractivity contribution in [2.24, 2.45) is 0 Å². The Bertz CT molecular complexity index is 1190. The Morgan fingerprint density at radius 2 is 1.60 bits per heavy atom. The summed E-state index contributed by atoms with van der Waals surface area (Å²) in [6.07, 6.45) is 0.207. The maximum atomic E-state index is 13.2. The number of nitrogens with one attached hydrogen (secondary N) is 2. The van der Waals surface area contributed by atoms with Gasteiger partial charge < -0.3 is 20.1 Å². The number of benzene rings is 3. The lowest BCUT2D eigenvalue weighted by atomic mass is 10.1. The fourth-order valence-electron chi connectivity index (χ4n) is 3.77. The van der Waals surface area contributed by atoms with Gasteiger partial charge in [-0.25, -0.2) is 4.79 Å². The molecule has 0 bridgehead atoms. The van der Waals surface area contributed by atoms with Gasteiger partial charge in [-0.3, -0.25) is 9.69 Å². The highest BCUT2D eigenvalue weighted by Gasteiger charge is 2.22. The summed E-state index contributed by atoms with van der Waals surface area (Å²) >= 11 is 0. The molecule has 0 atom stereocenters. The zero-order valence-corrected chi connectivity index (χ0v) is 20.3. The van der Waals surface area contributed by atoms with Crippen molar-refractivity contribution < 1.29 is 19.1 Å². The fourth-order valence-corrected chi connectivity index (χ4v) is 3.77. The summed E-state index contributed by atoms with van der Waals surface area (Å²) in [5.74, 6) is 1.30. The number of fused-ring (bicyclic) bond motifs is 1. The van der Waals surface area contributed by atoms with Crippen LogP contribution >= 0.6 is 0 Å². The molecule has 0 saturated carbocycles. The molecule has 0 saturated heterocycles. The lowest BCUT2D eigenvalue weighted by molar-refractivity contribution is -0.120. The molecule has 0 aromatic heterocycles. The van der Waals surface area contributed by atoms with Gasteiger partial charge in [-0.15, -0.1) is 0 Å². The van der Waals surface area contributed by atoms with Crippen molar-refractivity contribution in [2.45, 2.75) is 45.8 Å². The van der Waals surface area contributed by atoms with E-state index in [1.54, 1.807) is 4.90 Å². The summed E-state index contributed by atoms with van der Waals surface area (Å²) in [7, 11) is 0. The van der Waals surface area contributed by atoms with Gasteiger partial charge in [-0.2, -0.15) is 0 Å². The number of nitrogens with zero attached hydrogens (tertiary/aromatic N) is 1. The minimum Gasteiger partial charge on any atom is -0.454 e. The van der Waals surface area contributed by atoms with Crippen molar-refractivity contribution in [2.75, 3.05) is 11.7 Å². The minimum atomic E-state index is -0.377. The zero-order valence-electron chi connectivity index (χ0n) is 20.3. The molecule has 0 spiro atoms. The third kappa shape index (κ3) is 6.76. The lowest BCUT2D eigenvalue weighted by Crippen LogP contribution is -2.48. The molecule has 3 aromatic carbocycles. The molecule has 3 amide bonds. The molecular weight excluding hydrogens is 442 g/mol. The highest BCUT2D eigenvalue weighted by molar-refractivity contribution is 5.92. The Morgan fingerprint density at radius 3 is 2.37 bits per heavy atom. The normalized spacial score (nSPS) is 12.2. The Hall–Kier alpha value is -4.00. The molecule has 1 heterocycles. The average Bonchev–Trinajstić information content (AvgIpc) is 3.29. The van der Waals surface area contributed by atoms with Crippen LogP contribution in [0.1, 0.15) is 37.5 Å². The monoisotopic (exact) mass is 473 g/mol. The standard InChI is InChI=1S/C28H31N3O4/c1-28(2,3)30-27(33)31(18-20-8-5-4-6-9-20)23-11-7-10-21(14-23)16-26(32)29-17-22-12-13-24-25(15-22)35-19-34-24/h4-15H,16-19H2,1-3H3,(H,29,32)(H,30,33). The minimum absolute atomic E-state index is 0.103. The predicted octanol–water partition coefficient (Wildman–Crippen LogP) is 4.79. The topological polar surface area (TPSA) is 79.9 Å². The first-order chi connectivity index (χ1) is 16.8. The van der Waals surface area contributed by atoms with Gasteiger partial charge >= 0.3 is 6.03 Å². The van der Waals surface area contributed by atoms with Crippen molar-refractivity contribution in [3.8, 4) is 11.5 Å². The van der Waals surface area contributed by atoms with Crippen LogP contribution < -0.4 is 25.0 Å². The van der Waals surface area contributed by atoms with Gasteiger partial charge in [0, 0.05) is 17.8 Å². The largest absolute Gasteiger partial charge is 0.454 e. The van der Waals surface area contributed by atoms with Crippen molar-refractivity contribution in [1.82, 2.24) is 10.6 Å². The molecule has 2 N–H and O–H groups in total. The van der Waals surface area contributed by atoms with E-state index in [9.17, 15) is 9.59 Å². The van der Waals surface area contributed by atoms with Gasteiger partial charge in [0.15, 0.2) is 11.5 Å². The summed E-state index contributed by atoms with van der Waals surface area (Å²) in [5, 5.41) is 6.00. The van der Waals surface area contributed by atoms with Crippen LogP contribution in [0.15, 0.2) is 72.8 Å². The second-order valence-electron chi connectivity index (χ2n) is 9.56. The smallest absolute Gasteiger partial charge is 0.322 e. The number of ether oxygens (including phenoxy) is 2. The van der Waals surface area contributed by atoms with Crippen molar-refractivity contribution in [1.29, 1.82) is 0 Å². The molecule has 0 unspecified atom stereocenters. The Balaban J connectivity index is 1.44. The van der Waals surface area contributed by atoms with E-state index in [4.69, 9.17) is 9.47 Å². The van der Waals surface area contributed by atoms with E-state index in [1.165, 1.54) is 0 Å². The van der Waals surface area contributed by atoms with Gasteiger partial charge in [0.25, 0.3) is 0 Å². The van der Waals surface area contributed by atoms with Crippen LogP contribution in [0.3, 0.4) is 0 Å². The maximum Gasteiger partial charge on any atom is 0.322 e. The van der Waals surface area contributed by atoms with E-state index in [2.05, 4.69) is 10.6 Å². The van der Waals surface area contributed by atoms with Crippen LogP contribution in [0.4, 0.5) is 10.5 Å². The number of rotatable bonds is 7. The second-order valence-corrected chi connectivity index (χ2v) is 9.56. The summed E-state index contributed by atoms with van der Waals surface area (Å²) in [6.45, 7) is 6.88. The van der Waals surface area contributed by atoms with E-state index in [-0.39, 0.29) is 30.7 Å². The lowest BCUT2D eigenvalue weighted by Gasteiger charge is -2.29. The summed E-state index contributed by atoms with van der Waals surface area (Å²) in [4.78, 5) is 27.5. The van der Waals surface area contributed by atoms with Crippen LogP contribution in [0.2, 0.25) is 0 Å². The first-order valence-electron chi connectivity index (χ1n) is 11.6. The first kappa shape index (κ1) is 24.1. The fraction of sp³-hybridized carbons (Fsp3) is 0.286. The number of anilines is 1. The van der Waals surface area contributed by atoms with Gasteiger partial charge in [-0.1, -0.05) is 48.5 Å². The van der Waals surface area contributed by atoms with E-state index in [0.717, 1.165) is 22.4 Å². The number of hydrogen-bond acceptors (Lipinski definition) is 4. The Morgan fingerprint density at radius 1 is 0.857 bits per heavy atom. The average molecular weight is 474 g/mol. The second kappa shape index (κ2) is 10.5. The van der Waals surface area contributed by atoms with E-state index >= 15 is 0 Å². The molecule has 0 aliphatic carbocycles. The molecule has 0 fully saturated rings. The van der Waals surface area contributed by atoms with E-state index in [0.29, 0.717) is 24.6 Å². The molecule has 35 heavy (non-hydrogen) atoms. The molecule has 7 heteroatoms. The van der Waals surface area contributed by atoms with Crippen LogP contribution in [-0.4, -0.2) is 24.3 Å². The summed E-state index contributed by atoms with van der Waals surface area (Å²) in [6, 6.07) is 22.8. The number of carbonyl (C=O) groups excluding carboxylic acids is 2. The number of urea groups is 1. The molecule has 3 aromatic rings. The van der Waals surface area contributed by atoms with E-state index < -0.39 is 0 Å². The van der Waals surface area contributed by atoms with Crippen molar-refractivity contribution in [3.63, 3.8) is 0 Å². The third-order valence-corrected chi connectivity index (χ3v) is 5.42. The van der Waals surface area contributed by atoms with Gasteiger partial charge in [0.05, 0.1) is 13.0 Å². The number of hydrogen-bond donors (Lipinski definition) is 2. The van der Waals surface area contributed by atoms with Crippen LogP contribution in [0.25, 0.3) is 0 Å². The Labute approximate surface area is 206 Å². The van der Waals surface area contributed by atoms with Crippen LogP contribution in [0.5, 0.6) is 11.5 Å². The Kier molecular flexibility index (Phi) is 7.25. The highest BCUT2D eigenvalue weighted by Crippen LogP contribution is 2.32. The zero-order chi connectivity index (χ0) is 24.8. The number of amides is 3. The molecule has 4 rings (SSSR count). The van der Waals surface area contributed by atoms with Crippen molar-refractivity contribution in [3.05, 3.63) is 89.5 Å². The quantitative estimate of drug-likeness (QED) is 0.517. The van der Waals surface area contributed by atoms with Crippen LogP contribution in [0, 0.1) is 0 Å². The van der Waals surface area contributed by atoms with Crippen LogP contribution in [-0.2, 0) is 24.3 Å². The predicted molar refractivity (Wildman–Crippen MR) is 135 cm³/mol. The SMILES string of the molecule is CC(C)(C)NC(=O)N(Cc1ccccc1)c1cccc(CC(=O)NCc2ccc3c(c2)OCO3)c1. The van der Waals surface area contributed by atoms with E-state index in [1.807, 2.05) is 93.6 Å².